The maximum absolute atomic E-state index is 13.0. The van der Waals surface area contributed by atoms with Crippen LogP contribution in [0, 0.1) is 0 Å². The number of amides is 3. The Hall–Kier alpha value is -3.17. The lowest BCUT2D eigenvalue weighted by atomic mass is 9.95. The largest absolute Gasteiger partial charge is 0.426 e. The van der Waals surface area contributed by atoms with Crippen molar-refractivity contribution in [2.45, 2.75) is 78.5 Å². The quantitative estimate of drug-likeness (QED) is 0.234. The van der Waals surface area contributed by atoms with Gasteiger partial charge in [-0.15, -0.1) is 11.8 Å². The molecule has 216 valence electrons. The molecule has 4 fully saturated rings. The first kappa shape index (κ1) is 28.4. The molecule has 4 heterocycles. The lowest BCUT2D eigenvalue weighted by Gasteiger charge is -2.44. The van der Waals surface area contributed by atoms with Gasteiger partial charge in [-0.2, -0.15) is 0 Å². The summed E-state index contributed by atoms with van der Waals surface area (Å²) in [5.41, 5.74) is 6.64. The minimum absolute atomic E-state index is 0.191. The number of fused-ring (bicyclic) bond motifs is 2. The Kier molecular flexibility index (Phi) is 6.70. The second-order valence-corrected chi connectivity index (χ2v) is 15.6. The number of thioether (sulfide) groups is 1. The van der Waals surface area contributed by atoms with Gasteiger partial charge in [-0.25, -0.2) is 18.0 Å². The van der Waals surface area contributed by atoms with E-state index in [1.165, 1.54) is 30.5 Å². The van der Waals surface area contributed by atoms with Crippen LogP contribution < -0.4 is 11.1 Å². The SMILES string of the molecule is CC1(C)SC2[C@H](NC(=O)[C@H](N)c3ccccc3)C(=O)N2[C@H]1C(=O)OCOC(=O)[C@@H]1N2C(=O)CC2S(=O)(=O)C1(C)C. The predicted molar refractivity (Wildman–Crippen MR) is 140 cm³/mol. The molecule has 6 atom stereocenters. The molecule has 3 N–H and O–H groups in total. The molecule has 0 aliphatic carbocycles. The van der Waals surface area contributed by atoms with Crippen LogP contribution in [0.2, 0.25) is 0 Å². The van der Waals surface area contributed by atoms with Crippen LogP contribution in [-0.4, -0.2) is 93.0 Å². The van der Waals surface area contributed by atoms with Crippen molar-refractivity contribution in [3.05, 3.63) is 35.9 Å². The Balaban J connectivity index is 1.19. The number of nitrogens with two attached hydrogens (primary N) is 1. The first-order chi connectivity index (χ1) is 18.6. The van der Waals surface area contributed by atoms with Gasteiger partial charge in [0, 0.05) is 4.75 Å². The van der Waals surface area contributed by atoms with Gasteiger partial charge in [0.1, 0.15) is 34.9 Å². The summed E-state index contributed by atoms with van der Waals surface area (Å²) in [4.78, 5) is 65.9. The van der Waals surface area contributed by atoms with E-state index in [4.69, 9.17) is 15.2 Å². The molecular formula is C25H30N4O9S2. The van der Waals surface area contributed by atoms with Crippen LogP contribution in [0.5, 0.6) is 0 Å². The van der Waals surface area contributed by atoms with Crippen LogP contribution in [0.25, 0.3) is 0 Å². The van der Waals surface area contributed by atoms with E-state index in [0.29, 0.717) is 5.56 Å². The highest BCUT2D eigenvalue weighted by Gasteiger charge is 2.68. The molecular weight excluding hydrogens is 564 g/mol. The third-order valence-electron chi connectivity index (χ3n) is 8.00. The molecule has 4 aliphatic rings. The van der Waals surface area contributed by atoms with Crippen molar-refractivity contribution >= 4 is 51.3 Å². The summed E-state index contributed by atoms with van der Waals surface area (Å²) in [6.45, 7) is 5.37. The minimum Gasteiger partial charge on any atom is -0.426 e. The number of rotatable bonds is 7. The fourth-order valence-electron chi connectivity index (χ4n) is 5.69. The molecule has 0 spiro atoms. The summed E-state index contributed by atoms with van der Waals surface area (Å²) >= 11 is 1.31. The third-order valence-corrected chi connectivity index (χ3v) is 12.4. The number of ether oxygens (including phenoxy) is 2. The molecule has 1 aromatic carbocycles. The van der Waals surface area contributed by atoms with Crippen molar-refractivity contribution in [3.63, 3.8) is 0 Å². The van der Waals surface area contributed by atoms with E-state index in [1.807, 2.05) is 0 Å². The van der Waals surface area contributed by atoms with Gasteiger partial charge in [-0.05, 0) is 33.3 Å². The molecule has 0 radical (unpaired) electrons. The van der Waals surface area contributed by atoms with Crippen molar-refractivity contribution in [1.82, 2.24) is 15.1 Å². The van der Waals surface area contributed by atoms with Gasteiger partial charge in [0.05, 0.1) is 11.2 Å². The first-order valence-electron chi connectivity index (χ1n) is 12.6. The normalized spacial score (nSPS) is 31.3. The van der Waals surface area contributed by atoms with Gasteiger partial charge in [-0.3, -0.25) is 14.4 Å². The number of carbonyl (C=O) groups excluding carboxylic acids is 5. The lowest BCUT2D eigenvalue weighted by molar-refractivity contribution is -0.181. The first-order valence-corrected chi connectivity index (χ1v) is 15.0. The van der Waals surface area contributed by atoms with Gasteiger partial charge >= 0.3 is 11.9 Å². The van der Waals surface area contributed by atoms with Gasteiger partial charge < -0.3 is 30.3 Å². The Morgan fingerprint density at radius 2 is 1.65 bits per heavy atom. The molecule has 1 aromatic rings. The number of sulfone groups is 1. The van der Waals surface area contributed by atoms with Crippen molar-refractivity contribution in [2.75, 3.05) is 6.79 Å². The van der Waals surface area contributed by atoms with E-state index in [9.17, 15) is 32.4 Å². The summed E-state index contributed by atoms with van der Waals surface area (Å²) in [6.07, 6.45) is -0.191. The fraction of sp³-hybridized carbons (Fsp3) is 0.560. The number of nitrogens with one attached hydrogen (secondary N) is 1. The van der Waals surface area contributed by atoms with E-state index < -0.39 is 90.7 Å². The van der Waals surface area contributed by atoms with Gasteiger partial charge in [-0.1, -0.05) is 30.3 Å². The molecule has 0 saturated carbocycles. The number of nitrogens with zero attached hydrogens (tertiary/aromatic N) is 2. The van der Waals surface area contributed by atoms with E-state index >= 15 is 0 Å². The lowest BCUT2D eigenvalue weighted by Crippen LogP contribution is -2.71. The van der Waals surface area contributed by atoms with Crippen molar-refractivity contribution in [1.29, 1.82) is 0 Å². The number of esters is 2. The van der Waals surface area contributed by atoms with Crippen LogP contribution in [0.1, 0.15) is 45.7 Å². The zero-order valence-corrected chi connectivity index (χ0v) is 23.9. The Bertz CT molecular complexity index is 1400. The summed E-state index contributed by atoms with van der Waals surface area (Å²) in [6, 6.07) is 4.45. The smallest absolute Gasteiger partial charge is 0.333 e. The summed E-state index contributed by atoms with van der Waals surface area (Å²) in [7, 11) is -3.80. The standard InChI is InChI=1S/C25H30N4O9S2/c1-24(2)17(29-20(32)16(21(29)39-24)27-19(31)15(26)12-8-6-5-7-9-12)22(33)37-11-38-23(34)18-25(3,4)40(35,36)14-10-13(30)28(14)18/h5-9,14-18,21H,10-11,26H2,1-4H3,(H,27,31)/t14?,15-,16-,17+,18+,21?/m1/s1. The zero-order chi connectivity index (χ0) is 29.4. The second kappa shape index (κ2) is 9.45. The molecule has 3 amide bonds. The van der Waals surface area contributed by atoms with Crippen LogP contribution in [0.4, 0.5) is 0 Å². The Morgan fingerprint density at radius 3 is 2.25 bits per heavy atom. The summed E-state index contributed by atoms with van der Waals surface area (Å²) < 4.78 is 33.3. The monoisotopic (exact) mass is 594 g/mol. The molecule has 2 unspecified atom stereocenters. The van der Waals surface area contributed by atoms with Gasteiger partial charge in [0.15, 0.2) is 9.84 Å². The number of hydrogen-bond acceptors (Lipinski definition) is 11. The number of β-lactam (4-membered cyclic amide) rings is 2. The van der Waals surface area contributed by atoms with Crippen LogP contribution in [-0.2, 0) is 43.3 Å². The molecule has 4 aliphatic heterocycles. The van der Waals surface area contributed by atoms with Crippen molar-refractivity contribution in [2.24, 2.45) is 5.73 Å². The predicted octanol–water partition coefficient (Wildman–Crippen LogP) is -0.589. The van der Waals surface area contributed by atoms with Crippen LogP contribution in [0.3, 0.4) is 0 Å². The average Bonchev–Trinajstić information content (AvgIpc) is 3.22. The van der Waals surface area contributed by atoms with Crippen molar-refractivity contribution < 1.29 is 41.9 Å². The van der Waals surface area contributed by atoms with Crippen LogP contribution >= 0.6 is 11.8 Å². The highest BCUT2D eigenvalue weighted by Crippen LogP contribution is 2.51. The third kappa shape index (κ3) is 4.08. The Morgan fingerprint density at radius 1 is 1.05 bits per heavy atom. The molecule has 13 nitrogen and oxygen atoms in total. The number of benzene rings is 1. The number of carbonyl (C=O) groups is 5. The summed E-state index contributed by atoms with van der Waals surface area (Å²) in [5, 5.41) is 1.07. The fourth-order valence-corrected chi connectivity index (χ4v) is 9.44. The van der Waals surface area contributed by atoms with E-state index in [2.05, 4.69) is 5.32 Å². The second-order valence-electron chi connectivity index (χ2n) is 11.2. The Labute approximate surface area is 235 Å². The minimum atomic E-state index is -3.80. The molecule has 0 aromatic heterocycles. The highest BCUT2D eigenvalue weighted by molar-refractivity contribution is 8.01. The van der Waals surface area contributed by atoms with Gasteiger partial charge in [0.25, 0.3) is 0 Å². The van der Waals surface area contributed by atoms with Gasteiger partial charge in [0.2, 0.25) is 24.5 Å². The maximum atomic E-state index is 13.0. The summed E-state index contributed by atoms with van der Waals surface area (Å²) in [5.74, 6) is -3.32. The van der Waals surface area contributed by atoms with Crippen LogP contribution in [0.15, 0.2) is 30.3 Å². The highest BCUT2D eigenvalue weighted by atomic mass is 32.2. The molecule has 40 heavy (non-hydrogen) atoms. The molecule has 15 heteroatoms. The van der Waals surface area contributed by atoms with E-state index in [1.54, 1.807) is 44.2 Å². The molecule has 4 saturated heterocycles. The average molecular weight is 595 g/mol. The number of hydrogen-bond donors (Lipinski definition) is 2. The van der Waals surface area contributed by atoms with Crippen molar-refractivity contribution in [3.8, 4) is 0 Å². The van der Waals surface area contributed by atoms with E-state index in [-0.39, 0.29) is 6.42 Å². The topological polar surface area (TPSA) is 182 Å². The molecule has 0 bridgehead atoms. The zero-order valence-electron chi connectivity index (χ0n) is 22.2. The molecule has 5 rings (SSSR count). The van der Waals surface area contributed by atoms with E-state index in [0.717, 1.165) is 4.90 Å². The maximum Gasteiger partial charge on any atom is 0.333 e.